The lowest BCUT2D eigenvalue weighted by Crippen LogP contribution is -2.59. The van der Waals surface area contributed by atoms with E-state index < -0.39 is 0 Å². The van der Waals surface area contributed by atoms with E-state index in [0.29, 0.717) is 0 Å². The van der Waals surface area contributed by atoms with Gasteiger partial charge in [-0.3, -0.25) is 0 Å². The van der Waals surface area contributed by atoms with Crippen LogP contribution in [0.1, 0.15) is 11.1 Å². The van der Waals surface area contributed by atoms with Crippen LogP contribution in [0.4, 0.5) is 0 Å². The lowest BCUT2D eigenvalue weighted by atomic mass is 9.34. The molecule has 11 rings (SSSR count). The molecule has 0 saturated heterocycles. The van der Waals surface area contributed by atoms with E-state index in [9.17, 15) is 0 Å². The van der Waals surface area contributed by atoms with Gasteiger partial charge in [0.2, 0.25) is 0 Å². The van der Waals surface area contributed by atoms with Gasteiger partial charge in [-0.2, -0.15) is 0 Å². The van der Waals surface area contributed by atoms with Crippen LogP contribution in [-0.2, 0) is 0 Å². The van der Waals surface area contributed by atoms with Crippen LogP contribution in [-0.4, -0.2) is 15.8 Å². The van der Waals surface area contributed by atoms with Gasteiger partial charge in [-0.15, -0.1) is 0 Å². The largest absolute Gasteiger partial charge is 0.310 e. The average Bonchev–Trinajstić information content (AvgIpc) is 3.70. The van der Waals surface area contributed by atoms with Gasteiger partial charge < -0.3 is 9.13 Å². The number of hydrogen-bond donors (Lipinski definition) is 0. The summed E-state index contributed by atoms with van der Waals surface area (Å²) in [6.45, 7) is 8.07. The molecule has 0 amide bonds. The minimum Gasteiger partial charge on any atom is -0.310 e. The standard InChI is InChI=1S/C46H29BN2/c1-3-28-16-20-30(21-17-28)32-26-41-44-42(27-32)49-40-15-8-6-11-36(40)43-33(31-22-18-29(4-2)19-23-31)24-25-38(46(43)49)47(44)37-13-9-12-35-34-10-5-7-14-39(34)48(41)45(35)37/h3-27H,1-2H2. The fourth-order valence-corrected chi connectivity index (χ4v) is 8.92. The van der Waals surface area contributed by atoms with Crippen molar-refractivity contribution in [3.8, 4) is 33.6 Å². The van der Waals surface area contributed by atoms with Crippen molar-refractivity contribution >= 4 is 78.9 Å². The van der Waals surface area contributed by atoms with Crippen LogP contribution in [0, 0.1) is 0 Å². The van der Waals surface area contributed by atoms with E-state index in [-0.39, 0.29) is 6.71 Å². The monoisotopic (exact) mass is 620 g/mol. The van der Waals surface area contributed by atoms with E-state index in [1.807, 2.05) is 12.2 Å². The Morgan fingerprint density at radius 1 is 0.469 bits per heavy atom. The Labute approximate surface area is 284 Å². The molecule has 0 radical (unpaired) electrons. The average molecular weight is 621 g/mol. The van der Waals surface area contributed by atoms with Gasteiger partial charge in [0.15, 0.2) is 0 Å². The molecule has 2 aliphatic heterocycles. The second-order valence-electron chi connectivity index (χ2n) is 13.4. The molecule has 2 nitrogen and oxygen atoms in total. The minimum atomic E-state index is 0.0965. The molecule has 2 aromatic heterocycles. The van der Waals surface area contributed by atoms with Crippen LogP contribution < -0.4 is 16.4 Å². The highest BCUT2D eigenvalue weighted by Gasteiger charge is 2.41. The zero-order chi connectivity index (χ0) is 32.4. The molecule has 0 spiro atoms. The summed E-state index contributed by atoms with van der Waals surface area (Å²) in [5.41, 5.74) is 18.8. The summed E-state index contributed by atoms with van der Waals surface area (Å²) in [7, 11) is 0. The smallest absolute Gasteiger partial charge is 0.252 e. The van der Waals surface area contributed by atoms with Crippen LogP contribution in [0.2, 0.25) is 0 Å². The van der Waals surface area contributed by atoms with Crippen molar-refractivity contribution in [1.82, 2.24) is 9.13 Å². The Morgan fingerprint density at radius 2 is 1.04 bits per heavy atom. The molecule has 49 heavy (non-hydrogen) atoms. The van der Waals surface area contributed by atoms with Crippen LogP contribution in [0.15, 0.2) is 153 Å². The molecule has 9 aromatic rings. The maximum atomic E-state index is 3.99. The van der Waals surface area contributed by atoms with Crippen molar-refractivity contribution in [1.29, 1.82) is 0 Å². The number of fused-ring (bicyclic) bond motifs is 10. The molecular formula is C46H29BN2. The molecule has 0 fully saturated rings. The third-order valence-corrected chi connectivity index (χ3v) is 11.0. The molecular weight excluding hydrogens is 591 g/mol. The SMILES string of the molecule is C=Cc1ccc(-c2cc3c4c(c2)-n2c5ccccc5c5c(-c6ccc(C=C)cc6)ccc(c52)B4c2cccc4c5ccccc5n-3c24)cc1. The summed E-state index contributed by atoms with van der Waals surface area (Å²) in [5, 5.41) is 5.19. The van der Waals surface area contributed by atoms with Gasteiger partial charge in [0, 0.05) is 44.0 Å². The molecule has 4 heterocycles. The molecule has 226 valence electrons. The van der Waals surface area contributed by atoms with Gasteiger partial charge in [0.25, 0.3) is 6.71 Å². The third kappa shape index (κ3) is 3.41. The van der Waals surface area contributed by atoms with E-state index in [4.69, 9.17) is 0 Å². The van der Waals surface area contributed by atoms with E-state index in [1.165, 1.54) is 93.6 Å². The molecule has 0 unspecified atom stereocenters. The Balaban J connectivity index is 1.33. The van der Waals surface area contributed by atoms with Crippen LogP contribution in [0.3, 0.4) is 0 Å². The van der Waals surface area contributed by atoms with E-state index in [2.05, 4.69) is 162 Å². The number of aromatic nitrogens is 2. The predicted molar refractivity (Wildman–Crippen MR) is 211 cm³/mol. The molecule has 0 bridgehead atoms. The maximum Gasteiger partial charge on any atom is 0.252 e. The van der Waals surface area contributed by atoms with E-state index in [1.54, 1.807) is 0 Å². The number of benzene rings is 7. The zero-order valence-electron chi connectivity index (χ0n) is 26.8. The van der Waals surface area contributed by atoms with E-state index >= 15 is 0 Å². The Hall–Kier alpha value is -6.32. The van der Waals surface area contributed by atoms with Gasteiger partial charge in [-0.25, -0.2) is 0 Å². The number of rotatable bonds is 4. The van der Waals surface area contributed by atoms with Crippen molar-refractivity contribution in [2.24, 2.45) is 0 Å². The first-order valence-corrected chi connectivity index (χ1v) is 17.0. The molecule has 0 N–H and O–H groups in total. The molecule has 3 heteroatoms. The Morgan fingerprint density at radius 3 is 1.73 bits per heavy atom. The fourth-order valence-electron chi connectivity index (χ4n) is 8.92. The third-order valence-electron chi connectivity index (χ3n) is 11.0. The first-order chi connectivity index (χ1) is 24.2. The summed E-state index contributed by atoms with van der Waals surface area (Å²) in [6.07, 6.45) is 3.82. The van der Waals surface area contributed by atoms with Crippen LogP contribution >= 0.6 is 0 Å². The number of para-hydroxylation sites is 3. The molecule has 0 saturated carbocycles. The van der Waals surface area contributed by atoms with Crippen molar-refractivity contribution in [2.45, 2.75) is 0 Å². The summed E-state index contributed by atoms with van der Waals surface area (Å²) < 4.78 is 5.11. The summed E-state index contributed by atoms with van der Waals surface area (Å²) >= 11 is 0. The number of nitrogens with zero attached hydrogens (tertiary/aromatic N) is 2. The summed E-state index contributed by atoms with van der Waals surface area (Å²) in [5.74, 6) is 0. The molecule has 7 aromatic carbocycles. The minimum absolute atomic E-state index is 0.0965. The lowest BCUT2D eigenvalue weighted by Gasteiger charge is -2.34. The quantitative estimate of drug-likeness (QED) is 0.174. The molecule has 2 aliphatic rings. The van der Waals surface area contributed by atoms with Gasteiger partial charge in [0.1, 0.15) is 0 Å². The van der Waals surface area contributed by atoms with Crippen LogP contribution in [0.5, 0.6) is 0 Å². The fraction of sp³-hybridized carbons (Fsp3) is 0. The van der Waals surface area contributed by atoms with Crippen LogP contribution in [0.25, 0.3) is 89.4 Å². The van der Waals surface area contributed by atoms with Crippen molar-refractivity contribution in [2.75, 3.05) is 0 Å². The van der Waals surface area contributed by atoms with Crippen molar-refractivity contribution < 1.29 is 0 Å². The predicted octanol–water partition coefficient (Wildman–Crippen LogP) is 9.64. The summed E-state index contributed by atoms with van der Waals surface area (Å²) in [6, 6.07) is 52.0. The highest BCUT2D eigenvalue weighted by atomic mass is 15.0. The van der Waals surface area contributed by atoms with Gasteiger partial charge >= 0.3 is 0 Å². The Kier molecular flexibility index (Phi) is 5.25. The van der Waals surface area contributed by atoms with Crippen molar-refractivity contribution in [3.63, 3.8) is 0 Å². The van der Waals surface area contributed by atoms with Gasteiger partial charge in [-0.05, 0) is 74.0 Å². The first kappa shape index (κ1) is 26.7. The second kappa shape index (κ2) is 9.62. The molecule has 0 atom stereocenters. The van der Waals surface area contributed by atoms with Gasteiger partial charge in [0.05, 0.1) is 11.0 Å². The van der Waals surface area contributed by atoms with Crippen molar-refractivity contribution in [3.05, 3.63) is 164 Å². The normalized spacial score (nSPS) is 12.6. The number of hydrogen-bond acceptors (Lipinski definition) is 0. The van der Waals surface area contributed by atoms with Gasteiger partial charge in [-0.1, -0.05) is 141 Å². The second-order valence-corrected chi connectivity index (χ2v) is 13.4. The first-order valence-electron chi connectivity index (χ1n) is 17.0. The molecule has 0 aliphatic carbocycles. The maximum absolute atomic E-state index is 3.99. The zero-order valence-corrected chi connectivity index (χ0v) is 26.8. The highest BCUT2D eigenvalue weighted by Crippen LogP contribution is 2.43. The van der Waals surface area contributed by atoms with E-state index in [0.717, 1.165) is 11.1 Å². The highest BCUT2D eigenvalue weighted by molar-refractivity contribution is 7.00. The topological polar surface area (TPSA) is 9.86 Å². The summed E-state index contributed by atoms with van der Waals surface area (Å²) in [4.78, 5) is 0. The lowest BCUT2D eigenvalue weighted by molar-refractivity contribution is 1.14. The Bertz CT molecular complexity index is 2900.